The van der Waals surface area contributed by atoms with Crippen molar-refractivity contribution >= 4 is 11.6 Å². The zero-order valence-electron chi connectivity index (χ0n) is 10.6. The van der Waals surface area contributed by atoms with Crippen molar-refractivity contribution < 1.29 is 9.13 Å². The summed E-state index contributed by atoms with van der Waals surface area (Å²) in [4.78, 5) is 0. The minimum atomic E-state index is -0.195. The van der Waals surface area contributed by atoms with E-state index in [1.54, 1.807) is 12.1 Å². The van der Waals surface area contributed by atoms with Crippen LogP contribution in [0.4, 0.5) is 4.39 Å². The second-order valence-electron chi connectivity index (χ2n) is 4.69. The molecular weight excluding hydrogens is 253 g/mol. The fourth-order valence-corrected chi connectivity index (χ4v) is 2.24. The normalized spacial score (nSPS) is 19.4. The van der Waals surface area contributed by atoms with E-state index in [1.807, 2.05) is 0 Å². The Morgan fingerprint density at radius 2 is 2.39 bits per heavy atom. The molecule has 1 heterocycles. The van der Waals surface area contributed by atoms with Crippen molar-refractivity contribution in [3.63, 3.8) is 0 Å². The van der Waals surface area contributed by atoms with Crippen LogP contribution in [0.25, 0.3) is 0 Å². The second kappa shape index (κ2) is 6.39. The van der Waals surface area contributed by atoms with E-state index in [2.05, 4.69) is 12.2 Å². The molecule has 2 nitrogen and oxygen atoms in total. The number of fused-ring (bicyclic) bond motifs is 1. The Morgan fingerprint density at radius 1 is 1.56 bits per heavy atom. The molecule has 2 atom stereocenters. The van der Waals surface area contributed by atoms with Crippen molar-refractivity contribution in [1.29, 1.82) is 0 Å². The Kier molecular flexibility index (Phi) is 4.84. The van der Waals surface area contributed by atoms with Crippen LogP contribution in [0.2, 0.25) is 0 Å². The van der Waals surface area contributed by atoms with Gasteiger partial charge in [-0.1, -0.05) is 6.92 Å². The third-order valence-corrected chi connectivity index (χ3v) is 3.74. The standard InChI is InChI=1S/C14H19ClFNO/c1-2-11(15)5-6-17-9-13-8-10-7-12(16)3-4-14(10)18-13/h3-4,7,11,13,17H,2,5-6,8-9H2,1H3. The summed E-state index contributed by atoms with van der Waals surface area (Å²) < 4.78 is 18.8. The highest BCUT2D eigenvalue weighted by molar-refractivity contribution is 6.20. The lowest BCUT2D eigenvalue weighted by atomic mass is 10.1. The van der Waals surface area contributed by atoms with Crippen LogP contribution in [0.1, 0.15) is 25.3 Å². The largest absolute Gasteiger partial charge is 0.488 e. The zero-order chi connectivity index (χ0) is 13.0. The van der Waals surface area contributed by atoms with Crippen LogP contribution in [-0.2, 0) is 6.42 Å². The quantitative estimate of drug-likeness (QED) is 0.634. The maximum absolute atomic E-state index is 13.0. The summed E-state index contributed by atoms with van der Waals surface area (Å²) in [6.45, 7) is 3.76. The number of hydrogen-bond donors (Lipinski definition) is 1. The molecule has 0 aliphatic carbocycles. The minimum absolute atomic E-state index is 0.109. The van der Waals surface area contributed by atoms with Crippen molar-refractivity contribution in [3.05, 3.63) is 29.6 Å². The van der Waals surface area contributed by atoms with Gasteiger partial charge in [-0.3, -0.25) is 0 Å². The Hall–Kier alpha value is -0.800. The second-order valence-corrected chi connectivity index (χ2v) is 5.31. The van der Waals surface area contributed by atoms with Gasteiger partial charge in [-0.15, -0.1) is 11.6 Å². The van der Waals surface area contributed by atoms with E-state index in [0.717, 1.165) is 43.7 Å². The summed E-state index contributed by atoms with van der Waals surface area (Å²) in [7, 11) is 0. The average Bonchev–Trinajstić information content (AvgIpc) is 2.76. The molecule has 1 aromatic carbocycles. The van der Waals surface area contributed by atoms with Gasteiger partial charge in [-0.05, 0) is 37.6 Å². The predicted octanol–water partition coefficient (Wildman–Crippen LogP) is 3.13. The van der Waals surface area contributed by atoms with Crippen LogP contribution in [0.3, 0.4) is 0 Å². The number of ether oxygens (including phenoxy) is 1. The van der Waals surface area contributed by atoms with E-state index in [4.69, 9.17) is 16.3 Å². The highest BCUT2D eigenvalue weighted by Crippen LogP contribution is 2.28. The molecule has 1 aliphatic rings. The van der Waals surface area contributed by atoms with Gasteiger partial charge < -0.3 is 10.1 Å². The SMILES string of the molecule is CCC(Cl)CCNCC1Cc2cc(F)ccc2O1. The lowest BCUT2D eigenvalue weighted by Gasteiger charge is -2.12. The topological polar surface area (TPSA) is 21.3 Å². The summed E-state index contributed by atoms with van der Waals surface area (Å²) in [6, 6.07) is 4.70. The molecule has 0 bridgehead atoms. The van der Waals surface area contributed by atoms with Gasteiger partial charge in [-0.25, -0.2) is 4.39 Å². The van der Waals surface area contributed by atoms with Crippen LogP contribution < -0.4 is 10.1 Å². The van der Waals surface area contributed by atoms with Crippen molar-refractivity contribution in [2.24, 2.45) is 0 Å². The van der Waals surface area contributed by atoms with E-state index in [-0.39, 0.29) is 17.3 Å². The first-order valence-corrected chi connectivity index (χ1v) is 6.92. The molecule has 0 saturated heterocycles. The average molecular weight is 272 g/mol. The summed E-state index contributed by atoms with van der Waals surface area (Å²) in [5.41, 5.74) is 0.963. The lowest BCUT2D eigenvalue weighted by molar-refractivity contribution is 0.227. The van der Waals surface area contributed by atoms with Gasteiger partial charge in [0.25, 0.3) is 0 Å². The first-order chi connectivity index (χ1) is 8.69. The number of alkyl halides is 1. The van der Waals surface area contributed by atoms with Gasteiger partial charge in [0.15, 0.2) is 0 Å². The molecule has 100 valence electrons. The van der Waals surface area contributed by atoms with Crippen LogP contribution in [-0.4, -0.2) is 24.6 Å². The van der Waals surface area contributed by atoms with Gasteiger partial charge >= 0.3 is 0 Å². The molecule has 1 N–H and O–H groups in total. The molecule has 1 aromatic rings. The molecule has 0 spiro atoms. The number of hydrogen-bond acceptors (Lipinski definition) is 2. The van der Waals surface area contributed by atoms with E-state index < -0.39 is 0 Å². The fraction of sp³-hybridized carbons (Fsp3) is 0.571. The molecule has 1 aliphatic heterocycles. The van der Waals surface area contributed by atoms with Crippen LogP contribution in [0.15, 0.2) is 18.2 Å². The van der Waals surface area contributed by atoms with Gasteiger partial charge in [0.1, 0.15) is 17.7 Å². The number of benzene rings is 1. The van der Waals surface area contributed by atoms with Crippen LogP contribution >= 0.6 is 11.6 Å². The van der Waals surface area contributed by atoms with E-state index in [1.165, 1.54) is 6.07 Å². The van der Waals surface area contributed by atoms with Gasteiger partial charge in [-0.2, -0.15) is 0 Å². The highest BCUT2D eigenvalue weighted by Gasteiger charge is 2.22. The third-order valence-electron chi connectivity index (χ3n) is 3.21. The fourth-order valence-electron chi connectivity index (χ4n) is 2.13. The summed E-state index contributed by atoms with van der Waals surface area (Å²) in [5, 5.41) is 3.58. The molecule has 4 heteroatoms. The van der Waals surface area contributed by atoms with Crippen molar-refractivity contribution in [3.8, 4) is 5.75 Å². The minimum Gasteiger partial charge on any atom is -0.488 e. The maximum Gasteiger partial charge on any atom is 0.123 e. The van der Waals surface area contributed by atoms with Crippen LogP contribution in [0.5, 0.6) is 5.75 Å². The summed E-state index contributed by atoms with van der Waals surface area (Å²) >= 11 is 6.04. The number of rotatable bonds is 6. The van der Waals surface area contributed by atoms with E-state index in [9.17, 15) is 4.39 Å². The van der Waals surface area contributed by atoms with Crippen LogP contribution in [0, 0.1) is 5.82 Å². The van der Waals surface area contributed by atoms with E-state index in [0.29, 0.717) is 0 Å². The molecule has 0 radical (unpaired) electrons. The van der Waals surface area contributed by atoms with Gasteiger partial charge in [0.2, 0.25) is 0 Å². The monoisotopic (exact) mass is 271 g/mol. The molecule has 0 aromatic heterocycles. The molecule has 0 amide bonds. The summed E-state index contributed by atoms with van der Waals surface area (Å²) in [5.74, 6) is 0.617. The molecule has 2 rings (SSSR count). The number of halogens is 2. The predicted molar refractivity (Wildman–Crippen MR) is 71.9 cm³/mol. The van der Waals surface area contributed by atoms with Gasteiger partial charge in [0, 0.05) is 23.9 Å². The van der Waals surface area contributed by atoms with Gasteiger partial charge in [0.05, 0.1) is 0 Å². The molecule has 2 unspecified atom stereocenters. The highest BCUT2D eigenvalue weighted by atomic mass is 35.5. The van der Waals surface area contributed by atoms with E-state index >= 15 is 0 Å². The maximum atomic E-state index is 13.0. The Balaban J connectivity index is 1.71. The molecule has 18 heavy (non-hydrogen) atoms. The molecular formula is C14H19ClFNO. The summed E-state index contributed by atoms with van der Waals surface area (Å²) in [6.07, 6.45) is 2.84. The first-order valence-electron chi connectivity index (χ1n) is 6.49. The lowest BCUT2D eigenvalue weighted by Crippen LogP contribution is -2.31. The third kappa shape index (κ3) is 3.59. The number of nitrogens with one attached hydrogen (secondary N) is 1. The Bertz CT molecular complexity index is 399. The first kappa shape index (κ1) is 13.6. The zero-order valence-corrected chi connectivity index (χ0v) is 11.3. The van der Waals surface area contributed by atoms with Crippen molar-refractivity contribution in [2.75, 3.05) is 13.1 Å². The molecule has 0 saturated carbocycles. The Morgan fingerprint density at radius 3 is 3.17 bits per heavy atom. The smallest absolute Gasteiger partial charge is 0.123 e. The molecule has 0 fully saturated rings. The van der Waals surface area contributed by atoms with Crippen molar-refractivity contribution in [2.45, 2.75) is 37.7 Å². The Labute approximate surface area is 112 Å². The van der Waals surface area contributed by atoms with Crippen molar-refractivity contribution in [1.82, 2.24) is 5.32 Å².